The van der Waals surface area contributed by atoms with Gasteiger partial charge >= 0.3 is 0 Å². The van der Waals surface area contributed by atoms with Gasteiger partial charge in [0.1, 0.15) is 0 Å². The van der Waals surface area contributed by atoms with Crippen LogP contribution in [0.4, 0.5) is 0 Å². The molecule has 0 radical (unpaired) electrons. The molecule has 0 rings (SSSR count). The summed E-state index contributed by atoms with van der Waals surface area (Å²) in [5.41, 5.74) is 0. The zero-order valence-electron chi connectivity index (χ0n) is 7.06. The maximum atomic E-state index is 8.79. The van der Waals surface area contributed by atoms with Crippen LogP contribution in [0.2, 0.25) is 0 Å². The second-order valence-electron chi connectivity index (χ2n) is 2.66. The average Bonchev–Trinajstić information content (AvgIpc) is 1.99. The van der Waals surface area contributed by atoms with Crippen molar-refractivity contribution in [2.45, 2.75) is 26.7 Å². The molecule has 2 N–H and O–H groups in total. The summed E-state index contributed by atoms with van der Waals surface area (Å²) in [6.45, 7) is 6.59. The van der Waals surface area contributed by atoms with Crippen LogP contribution in [-0.4, -0.2) is 24.8 Å². The summed E-state index contributed by atoms with van der Waals surface area (Å²) in [4.78, 5) is 0. The summed E-state index contributed by atoms with van der Waals surface area (Å²) >= 11 is 0. The topological polar surface area (TPSA) is 32.3 Å². The second-order valence-corrected chi connectivity index (χ2v) is 2.66. The molecule has 62 valence electrons. The van der Waals surface area contributed by atoms with Crippen LogP contribution in [-0.2, 0) is 0 Å². The van der Waals surface area contributed by atoms with E-state index in [1.165, 1.54) is 6.42 Å². The second kappa shape index (κ2) is 7.03. The zero-order valence-corrected chi connectivity index (χ0v) is 7.06. The van der Waals surface area contributed by atoms with Gasteiger partial charge in [0.05, 0.1) is 0 Å². The highest BCUT2D eigenvalue weighted by molar-refractivity contribution is 4.57. The summed E-state index contributed by atoms with van der Waals surface area (Å²) in [5.74, 6) is 0.451. The average molecular weight is 145 g/mol. The third kappa shape index (κ3) is 4.77. The van der Waals surface area contributed by atoms with E-state index < -0.39 is 0 Å². The number of nitrogens with one attached hydrogen (secondary N) is 1. The monoisotopic (exact) mass is 145 g/mol. The highest BCUT2D eigenvalue weighted by atomic mass is 16.3. The normalized spacial score (nSPS) is 13.5. The molecule has 0 aliphatic heterocycles. The first-order valence-electron chi connectivity index (χ1n) is 4.16. The minimum Gasteiger partial charge on any atom is -0.396 e. The first-order chi connectivity index (χ1) is 4.85. The maximum absolute atomic E-state index is 8.79. The highest BCUT2D eigenvalue weighted by Crippen LogP contribution is 1.97. The summed E-state index contributed by atoms with van der Waals surface area (Å²) in [5, 5.41) is 12.1. The Balaban J connectivity index is 3.09. The summed E-state index contributed by atoms with van der Waals surface area (Å²) in [7, 11) is 0. The maximum Gasteiger partial charge on any atom is 0.0471 e. The lowest BCUT2D eigenvalue weighted by Gasteiger charge is -2.11. The van der Waals surface area contributed by atoms with Crippen LogP contribution in [0.15, 0.2) is 0 Å². The zero-order chi connectivity index (χ0) is 7.82. The quantitative estimate of drug-likeness (QED) is 0.547. The molecule has 0 heterocycles. The number of aliphatic hydroxyl groups excluding tert-OH is 1. The lowest BCUT2D eigenvalue weighted by Crippen LogP contribution is -2.25. The first kappa shape index (κ1) is 9.92. The molecule has 1 unspecified atom stereocenters. The van der Waals surface area contributed by atoms with E-state index in [1.54, 1.807) is 0 Å². The van der Waals surface area contributed by atoms with Gasteiger partial charge in [-0.05, 0) is 25.3 Å². The van der Waals surface area contributed by atoms with E-state index >= 15 is 0 Å². The largest absolute Gasteiger partial charge is 0.396 e. The Bertz CT molecular complexity index is 62.3. The fourth-order valence-electron chi connectivity index (χ4n) is 0.821. The predicted molar refractivity (Wildman–Crippen MR) is 44.0 cm³/mol. The van der Waals surface area contributed by atoms with Crippen molar-refractivity contribution in [3.63, 3.8) is 0 Å². The van der Waals surface area contributed by atoms with Crippen molar-refractivity contribution in [2.24, 2.45) is 5.92 Å². The number of rotatable bonds is 6. The third-order valence-corrected chi connectivity index (χ3v) is 1.70. The van der Waals surface area contributed by atoms with Gasteiger partial charge in [0.2, 0.25) is 0 Å². The molecular formula is C8H19NO. The van der Waals surface area contributed by atoms with Gasteiger partial charge in [-0.1, -0.05) is 13.8 Å². The van der Waals surface area contributed by atoms with Crippen LogP contribution in [0.25, 0.3) is 0 Å². The van der Waals surface area contributed by atoms with Gasteiger partial charge in [-0.25, -0.2) is 0 Å². The van der Waals surface area contributed by atoms with Crippen LogP contribution in [0.1, 0.15) is 26.7 Å². The minimum atomic E-state index is 0.313. The Morgan fingerprint density at radius 3 is 2.50 bits per heavy atom. The SMILES string of the molecule is CCCNCC(CC)CO. The van der Waals surface area contributed by atoms with E-state index in [0.29, 0.717) is 12.5 Å². The minimum absolute atomic E-state index is 0.313. The molecule has 0 spiro atoms. The summed E-state index contributed by atoms with van der Waals surface area (Å²) in [6.07, 6.45) is 2.23. The van der Waals surface area contributed by atoms with E-state index in [-0.39, 0.29) is 0 Å². The van der Waals surface area contributed by atoms with Crippen LogP contribution in [0, 0.1) is 5.92 Å². The molecule has 0 aromatic heterocycles. The van der Waals surface area contributed by atoms with E-state index in [0.717, 1.165) is 19.5 Å². The standard InChI is InChI=1S/C8H19NO/c1-3-5-9-6-8(4-2)7-10/h8-10H,3-7H2,1-2H3. The fourth-order valence-corrected chi connectivity index (χ4v) is 0.821. The fraction of sp³-hybridized carbons (Fsp3) is 1.00. The molecule has 0 aromatic rings. The van der Waals surface area contributed by atoms with E-state index in [2.05, 4.69) is 19.2 Å². The number of hydrogen-bond donors (Lipinski definition) is 2. The van der Waals surface area contributed by atoms with Gasteiger partial charge in [0.15, 0.2) is 0 Å². The van der Waals surface area contributed by atoms with Crippen LogP contribution >= 0.6 is 0 Å². The molecule has 0 aliphatic carbocycles. The van der Waals surface area contributed by atoms with Crippen LogP contribution in [0.5, 0.6) is 0 Å². The molecule has 0 aromatic carbocycles. The van der Waals surface area contributed by atoms with Crippen LogP contribution in [0.3, 0.4) is 0 Å². The van der Waals surface area contributed by atoms with Crippen molar-refractivity contribution >= 4 is 0 Å². The Morgan fingerprint density at radius 2 is 2.10 bits per heavy atom. The van der Waals surface area contributed by atoms with Gasteiger partial charge in [-0.15, -0.1) is 0 Å². The lowest BCUT2D eigenvalue weighted by molar-refractivity contribution is 0.219. The first-order valence-corrected chi connectivity index (χ1v) is 4.16. The smallest absolute Gasteiger partial charge is 0.0471 e. The Morgan fingerprint density at radius 1 is 1.40 bits per heavy atom. The van der Waals surface area contributed by atoms with Crippen molar-refractivity contribution in [1.82, 2.24) is 5.32 Å². The number of hydrogen-bond acceptors (Lipinski definition) is 2. The molecule has 0 amide bonds. The summed E-state index contributed by atoms with van der Waals surface area (Å²) in [6, 6.07) is 0. The van der Waals surface area contributed by atoms with Crippen molar-refractivity contribution in [3.8, 4) is 0 Å². The van der Waals surface area contributed by atoms with Gasteiger partial charge < -0.3 is 10.4 Å². The number of aliphatic hydroxyl groups is 1. The molecule has 2 heteroatoms. The third-order valence-electron chi connectivity index (χ3n) is 1.70. The van der Waals surface area contributed by atoms with Crippen molar-refractivity contribution < 1.29 is 5.11 Å². The molecule has 2 nitrogen and oxygen atoms in total. The van der Waals surface area contributed by atoms with E-state index in [4.69, 9.17) is 5.11 Å². The molecule has 0 aliphatic rings. The molecule has 0 fully saturated rings. The van der Waals surface area contributed by atoms with Crippen molar-refractivity contribution in [3.05, 3.63) is 0 Å². The predicted octanol–water partition coefficient (Wildman–Crippen LogP) is 1.00. The van der Waals surface area contributed by atoms with Gasteiger partial charge in [-0.2, -0.15) is 0 Å². The molecule has 0 saturated heterocycles. The molecular weight excluding hydrogens is 126 g/mol. The van der Waals surface area contributed by atoms with Gasteiger partial charge in [-0.3, -0.25) is 0 Å². The Hall–Kier alpha value is -0.0800. The highest BCUT2D eigenvalue weighted by Gasteiger charge is 2.01. The molecule has 0 saturated carbocycles. The molecule has 1 atom stereocenters. The van der Waals surface area contributed by atoms with Crippen molar-refractivity contribution in [1.29, 1.82) is 0 Å². The van der Waals surface area contributed by atoms with E-state index in [1.807, 2.05) is 0 Å². The van der Waals surface area contributed by atoms with Crippen LogP contribution < -0.4 is 5.32 Å². The van der Waals surface area contributed by atoms with Crippen molar-refractivity contribution in [2.75, 3.05) is 19.7 Å². The summed E-state index contributed by atoms with van der Waals surface area (Å²) < 4.78 is 0. The van der Waals surface area contributed by atoms with E-state index in [9.17, 15) is 0 Å². The van der Waals surface area contributed by atoms with Gasteiger partial charge in [0, 0.05) is 13.2 Å². The molecule has 0 bridgehead atoms. The Kier molecular flexibility index (Phi) is 6.98. The Labute approximate surface area is 63.6 Å². The molecule has 10 heavy (non-hydrogen) atoms. The lowest BCUT2D eigenvalue weighted by atomic mass is 10.1. The van der Waals surface area contributed by atoms with Gasteiger partial charge in [0.25, 0.3) is 0 Å².